The van der Waals surface area contributed by atoms with E-state index in [1.54, 1.807) is 27.7 Å². The van der Waals surface area contributed by atoms with E-state index in [1.807, 2.05) is 0 Å². The molecule has 1 atom stereocenters. The lowest BCUT2D eigenvalue weighted by atomic mass is 9.93. The molecule has 6 nitrogen and oxygen atoms in total. The third-order valence-electron chi connectivity index (χ3n) is 2.88. The van der Waals surface area contributed by atoms with Gasteiger partial charge in [0.25, 0.3) is 0 Å². The van der Waals surface area contributed by atoms with Crippen molar-refractivity contribution in [1.29, 1.82) is 0 Å². The number of piperidine rings is 1. The highest BCUT2D eigenvalue weighted by Crippen LogP contribution is 2.19. The quantitative estimate of drug-likeness (QED) is 0.739. The maximum Gasteiger partial charge on any atom is 0.409 e. The Bertz CT molecular complexity index is 386. The normalized spacial score (nSPS) is 19.7. The molecule has 0 aromatic carbocycles. The topological polar surface area (TPSA) is 72.9 Å². The summed E-state index contributed by atoms with van der Waals surface area (Å²) in [7, 11) is 0. The molecule has 0 saturated carbocycles. The zero-order valence-electron chi connectivity index (χ0n) is 12.6. The van der Waals surface area contributed by atoms with Crippen LogP contribution in [-0.2, 0) is 19.1 Å². The second-order valence-corrected chi connectivity index (χ2v) is 5.85. The van der Waals surface area contributed by atoms with Crippen LogP contribution in [0.5, 0.6) is 0 Å². The summed E-state index contributed by atoms with van der Waals surface area (Å²) in [5, 5.41) is 0. The largest absolute Gasteiger partial charge is 0.460 e. The van der Waals surface area contributed by atoms with Gasteiger partial charge in [-0.1, -0.05) is 0 Å². The van der Waals surface area contributed by atoms with E-state index in [1.165, 1.54) is 4.90 Å². The third-order valence-corrected chi connectivity index (χ3v) is 2.88. The van der Waals surface area contributed by atoms with Gasteiger partial charge in [0, 0.05) is 25.4 Å². The molecular weight excluding hydrogens is 262 g/mol. The van der Waals surface area contributed by atoms with Gasteiger partial charge in [-0.3, -0.25) is 9.59 Å². The zero-order chi connectivity index (χ0) is 15.3. The zero-order valence-corrected chi connectivity index (χ0v) is 12.6. The summed E-state index contributed by atoms with van der Waals surface area (Å²) in [5.41, 5.74) is -0.574. The first-order chi connectivity index (χ1) is 9.23. The molecule has 1 unspecified atom stereocenters. The van der Waals surface area contributed by atoms with E-state index in [0.29, 0.717) is 13.2 Å². The molecule has 1 fully saturated rings. The molecule has 1 heterocycles. The average molecular weight is 285 g/mol. The highest BCUT2D eigenvalue weighted by molar-refractivity contribution is 5.87. The monoisotopic (exact) mass is 285 g/mol. The summed E-state index contributed by atoms with van der Waals surface area (Å²) < 4.78 is 10.1. The molecule has 1 amide bonds. The number of esters is 1. The first kappa shape index (κ1) is 16.5. The Labute approximate surface area is 119 Å². The van der Waals surface area contributed by atoms with Crippen LogP contribution in [-0.4, -0.2) is 48.0 Å². The van der Waals surface area contributed by atoms with Crippen molar-refractivity contribution in [2.24, 2.45) is 5.92 Å². The summed E-state index contributed by atoms with van der Waals surface area (Å²) in [4.78, 5) is 36.7. The number of likely N-dealkylation sites (tertiary alicyclic amines) is 1. The van der Waals surface area contributed by atoms with E-state index in [0.717, 1.165) is 0 Å². The van der Waals surface area contributed by atoms with Crippen LogP contribution < -0.4 is 0 Å². The van der Waals surface area contributed by atoms with Gasteiger partial charge in [-0.05, 0) is 27.7 Å². The van der Waals surface area contributed by atoms with Crippen molar-refractivity contribution < 1.29 is 23.9 Å². The Morgan fingerprint density at radius 2 is 2.00 bits per heavy atom. The molecule has 0 N–H and O–H groups in total. The van der Waals surface area contributed by atoms with Gasteiger partial charge in [-0.15, -0.1) is 0 Å². The van der Waals surface area contributed by atoms with Crippen LogP contribution in [0.15, 0.2) is 0 Å². The smallest absolute Gasteiger partial charge is 0.409 e. The minimum absolute atomic E-state index is 0.00333. The van der Waals surface area contributed by atoms with Gasteiger partial charge in [0.1, 0.15) is 11.4 Å². The van der Waals surface area contributed by atoms with Crippen molar-refractivity contribution in [2.45, 2.75) is 46.1 Å². The molecule has 0 aliphatic carbocycles. The van der Waals surface area contributed by atoms with Crippen molar-refractivity contribution in [3.63, 3.8) is 0 Å². The molecule has 114 valence electrons. The van der Waals surface area contributed by atoms with Gasteiger partial charge in [-0.25, -0.2) is 4.79 Å². The molecule has 0 bridgehead atoms. The van der Waals surface area contributed by atoms with Gasteiger partial charge in [-0.2, -0.15) is 0 Å². The molecule has 0 aromatic heterocycles. The Kier molecular flexibility index (Phi) is 5.53. The Hall–Kier alpha value is -1.59. The van der Waals surface area contributed by atoms with Crippen molar-refractivity contribution in [2.75, 3.05) is 19.7 Å². The Morgan fingerprint density at radius 1 is 1.35 bits per heavy atom. The number of carbonyl (C=O) groups excluding carboxylic acids is 3. The second kappa shape index (κ2) is 6.72. The van der Waals surface area contributed by atoms with Crippen LogP contribution in [0.2, 0.25) is 0 Å². The lowest BCUT2D eigenvalue weighted by Gasteiger charge is -2.31. The van der Waals surface area contributed by atoms with E-state index in [9.17, 15) is 14.4 Å². The number of carbonyl (C=O) groups is 3. The number of ketones is 1. The molecule has 6 heteroatoms. The third kappa shape index (κ3) is 5.19. The average Bonchev–Trinajstić information content (AvgIpc) is 2.29. The standard InChI is InChI=1S/C14H23NO5/c1-5-19-13(18)15-7-6-11(16)10(9-15)8-12(17)20-14(2,3)4/h10H,5-9H2,1-4H3. The maximum absolute atomic E-state index is 11.8. The number of amides is 1. The molecule has 1 saturated heterocycles. The highest BCUT2D eigenvalue weighted by atomic mass is 16.6. The van der Waals surface area contributed by atoms with Crippen molar-refractivity contribution >= 4 is 17.8 Å². The van der Waals surface area contributed by atoms with E-state index in [2.05, 4.69) is 0 Å². The van der Waals surface area contributed by atoms with Crippen LogP contribution in [0, 0.1) is 5.92 Å². The van der Waals surface area contributed by atoms with E-state index >= 15 is 0 Å². The van der Waals surface area contributed by atoms with Gasteiger partial charge in [0.15, 0.2) is 0 Å². The lowest BCUT2D eigenvalue weighted by molar-refractivity contribution is -0.157. The summed E-state index contributed by atoms with van der Waals surface area (Å²) in [6.45, 7) is 7.92. The van der Waals surface area contributed by atoms with E-state index < -0.39 is 23.6 Å². The summed E-state index contributed by atoms with van der Waals surface area (Å²) >= 11 is 0. The molecule has 0 aromatic rings. The summed E-state index contributed by atoms with van der Waals surface area (Å²) in [6, 6.07) is 0. The summed E-state index contributed by atoms with van der Waals surface area (Å²) in [5.74, 6) is -0.916. The number of nitrogens with zero attached hydrogens (tertiary/aromatic N) is 1. The number of hydrogen-bond donors (Lipinski definition) is 0. The first-order valence-corrected chi connectivity index (χ1v) is 6.89. The van der Waals surface area contributed by atoms with E-state index in [4.69, 9.17) is 9.47 Å². The minimum atomic E-state index is -0.574. The number of hydrogen-bond acceptors (Lipinski definition) is 5. The van der Waals surface area contributed by atoms with Gasteiger partial charge < -0.3 is 14.4 Å². The predicted octanol–water partition coefficient (Wildman–Crippen LogP) is 1.77. The van der Waals surface area contributed by atoms with Crippen LogP contribution >= 0.6 is 0 Å². The van der Waals surface area contributed by atoms with Gasteiger partial charge in [0.2, 0.25) is 0 Å². The molecule has 1 aliphatic heterocycles. The predicted molar refractivity (Wildman–Crippen MR) is 72.2 cm³/mol. The van der Waals surface area contributed by atoms with Crippen LogP contribution in [0.3, 0.4) is 0 Å². The SMILES string of the molecule is CCOC(=O)N1CCC(=O)C(CC(=O)OC(C)(C)C)C1. The highest BCUT2D eigenvalue weighted by Gasteiger charge is 2.33. The lowest BCUT2D eigenvalue weighted by Crippen LogP contribution is -2.45. The summed E-state index contributed by atoms with van der Waals surface area (Å²) in [6.07, 6.45) is -0.174. The Morgan fingerprint density at radius 3 is 2.55 bits per heavy atom. The van der Waals surface area contributed by atoms with Crippen LogP contribution in [0.25, 0.3) is 0 Å². The molecule has 0 spiro atoms. The second-order valence-electron chi connectivity index (χ2n) is 5.85. The fourth-order valence-corrected chi connectivity index (χ4v) is 2.05. The minimum Gasteiger partial charge on any atom is -0.460 e. The molecule has 0 radical (unpaired) electrons. The fourth-order valence-electron chi connectivity index (χ4n) is 2.05. The van der Waals surface area contributed by atoms with Crippen molar-refractivity contribution in [3.8, 4) is 0 Å². The molecular formula is C14H23NO5. The van der Waals surface area contributed by atoms with Crippen molar-refractivity contribution in [1.82, 2.24) is 4.90 Å². The molecule has 20 heavy (non-hydrogen) atoms. The molecule has 1 aliphatic rings. The van der Waals surface area contributed by atoms with Gasteiger partial charge in [0.05, 0.1) is 13.0 Å². The maximum atomic E-state index is 11.8. The fraction of sp³-hybridized carbons (Fsp3) is 0.786. The number of rotatable bonds is 3. The van der Waals surface area contributed by atoms with Crippen molar-refractivity contribution in [3.05, 3.63) is 0 Å². The number of ether oxygens (including phenoxy) is 2. The Balaban J connectivity index is 2.57. The van der Waals surface area contributed by atoms with Gasteiger partial charge >= 0.3 is 12.1 Å². The first-order valence-electron chi connectivity index (χ1n) is 6.89. The van der Waals surface area contributed by atoms with E-state index in [-0.39, 0.29) is 25.2 Å². The van der Waals surface area contributed by atoms with Crippen LogP contribution in [0.4, 0.5) is 4.79 Å². The van der Waals surface area contributed by atoms with Crippen LogP contribution in [0.1, 0.15) is 40.5 Å². The number of Topliss-reactive ketones (excluding diaryl/α,β-unsaturated/α-hetero) is 1. The molecule has 1 rings (SSSR count).